The SMILES string of the molecule is Cc1cccc(-c2cc(Nc3ccnc4[nH]ncc34)c(C(C)C)[nH]c2=O)c1. The average molecular weight is 359 g/mol. The highest BCUT2D eigenvalue weighted by Gasteiger charge is 2.14. The summed E-state index contributed by atoms with van der Waals surface area (Å²) < 4.78 is 0. The van der Waals surface area contributed by atoms with Crippen LogP contribution in [0.1, 0.15) is 31.0 Å². The van der Waals surface area contributed by atoms with Crippen LogP contribution in [-0.4, -0.2) is 20.2 Å². The van der Waals surface area contributed by atoms with E-state index in [2.05, 4.69) is 39.3 Å². The minimum Gasteiger partial charge on any atom is -0.353 e. The molecule has 4 aromatic rings. The standard InChI is InChI=1S/C21H21N5O/c1-12(2)19-18(24-17-7-8-22-20-16(17)11-23-26-20)10-15(21(27)25-19)14-6-4-5-13(3)9-14/h4-12H,1-3H3,(H,25,27)(H2,22,23,24,26). The van der Waals surface area contributed by atoms with Crippen molar-refractivity contribution in [3.63, 3.8) is 0 Å². The number of hydrogen-bond donors (Lipinski definition) is 3. The number of aromatic nitrogens is 4. The van der Waals surface area contributed by atoms with Crippen molar-refractivity contribution in [1.82, 2.24) is 20.2 Å². The Hall–Kier alpha value is -3.41. The Morgan fingerprint density at radius 3 is 2.74 bits per heavy atom. The molecule has 1 aromatic carbocycles. The molecule has 0 aliphatic rings. The molecule has 136 valence electrons. The third-order valence-electron chi connectivity index (χ3n) is 4.60. The number of aryl methyl sites for hydroxylation is 1. The lowest BCUT2D eigenvalue weighted by atomic mass is 10.0. The first kappa shape index (κ1) is 17.0. The fraction of sp³-hybridized carbons (Fsp3) is 0.190. The quantitative estimate of drug-likeness (QED) is 0.501. The Balaban J connectivity index is 1.86. The van der Waals surface area contributed by atoms with Gasteiger partial charge in [0.1, 0.15) is 0 Å². The third-order valence-corrected chi connectivity index (χ3v) is 4.60. The topological polar surface area (TPSA) is 86.5 Å². The number of nitrogens with one attached hydrogen (secondary N) is 3. The molecule has 3 heterocycles. The van der Waals surface area contributed by atoms with Crippen molar-refractivity contribution in [3.05, 3.63) is 70.4 Å². The van der Waals surface area contributed by atoms with Gasteiger partial charge < -0.3 is 10.3 Å². The normalized spacial score (nSPS) is 11.3. The van der Waals surface area contributed by atoms with Gasteiger partial charge in [0.15, 0.2) is 5.65 Å². The molecule has 0 aliphatic heterocycles. The first-order valence-electron chi connectivity index (χ1n) is 8.92. The molecule has 0 aliphatic carbocycles. The van der Waals surface area contributed by atoms with Gasteiger partial charge in [-0.05, 0) is 30.5 Å². The molecule has 0 spiro atoms. The molecule has 27 heavy (non-hydrogen) atoms. The van der Waals surface area contributed by atoms with Crippen molar-refractivity contribution in [3.8, 4) is 11.1 Å². The summed E-state index contributed by atoms with van der Waals surface area (Å²) in [6, 6.07) is 11.8. The highest BCUT2D eigenvalue weighted by molar-refractivity contribution is 5.90. The van der Waals surface area contributed by atoms with Crippen molar-refractivity contribution in [1.29, 1.82) is 0 Å². The maximum atomic E-state index is 12.7. The summed E-state index contributed by atoms with van der Waals surface area (Å²) in [4.78, 5) is 20.1. The van der Waals surface area contributed by atoms with Gasteiger partial charge in [-0.2, -0.15) is 5.10 Å². The molecule has 0 fully saturated rings. The number of benzene rings is 1. The molecule has 3 N–H and O–H groups in total. The second kappa shape index (κ2) is 6.72. The van der Waals surface area contributed by atoms with Crippen LogP contribution in [0, 0.1) is 6.92 Å². The number of anilines is 2. The third kappa shape index (κ3) is 3.21. The first-order valence-corrected chi connectivity index (χ1v) is 8.92. The molecule has 6 nitrogen and oxygen atoms in total. The molecular formula is C21H21N5O. The van der Waals surface area contributed by atoms with Gasteiger partial charge in [0, 0.05) is 17.5 Å². The van der Waals surface area contributed by atoms with E-state index in [9.17, 15) is 4.79 Å². The highest BCUT2D eigenvalue weighted by Crippen LogP contribution is 2.30. The number of nitrogens with zero attached hydrogens (tertiary/aromatic N) is 2. The van der Waals surface area contributed by atoms with Crippen LogP contribution in [0.2, 0.25) is 0 Å². The summed E-state index contributed by atoms with van der Waals surface area (Å²) in [5, 5.41) is 11.3. The van der Waals surface area contributed by atoms with Crippen LogP contribution in [0.3, 0.4) is 0 Å². The zero-order chi connectivity index (χ0) is 19.0. The minimum absolute atomic E-state index is 0.0852. The second-order valence-corrected chi connectivity index (χ2v) is 6.98. The molecule has 0 saturated carbocycles. The smallest absolute Gasteiger partial charge is 0.256 e. The summed E-state index contributed by atoms with van der Waals surface area (Å²) in [5.41, 5.74) is 5.91. The van der Waals surface area contributed by atoms with Gasteiger partial charge in [0.05, 0.1) is 23.0 Å². The van der Waals surface area contributed by atoms with E-state index in [4.69, 9.17) is 0 Å². The number of pyridine rings is 2. The lowest BCUT2D eigenvalue weighted by Gasteiger charge is -2.16. The monoisotopic (exact) mass is 359 g/mol. The minimum atomic E-state index is -0.0852. The van der Waals surface area contributed by atoms with E-state index in [1.807, 2.05) is 43.3 Å². The van der Waals surface area contributed by atoms with E-state index in [1.54, 1.807) is 12.4 Å². The van der Waals surface area contributed by atoms with Crippen LogP contribution in [-0.2, 0) is 0 Å². The number of H-pyrrole nitrogens is 2. The lowest BCUT2D eigenvalue weighted by molar-refractivity contribution is 0.820. The maximum absolute atomic E-state index is 12.7. The molecule has 0 bridgehead atoms. The number of hydrogen-bond acceptors (Lipinski definition) is 4. The van der Waals surface area contributed by atoms with Crippen LogP contribution in [0.4, 0.5) is 11.4 Å². The lowest BCUT2D eigenvalue weighted by Crippen LogP contribution is -2.15. The summed E-state index contributed by atoms with van der Waals surface area (Å²) in [6.07, 6.45) is 3.47. The Morgan fingerprint density at radius 2 is 1.96 bits per heavy atom. The van der Waals surface area contributed by atoms with Gasteiger partial charge in [-0.25, -0.2) is 4.98 Å². The van der Waals surface area contributed by atoms with Crippen molar-refractivity contribution in [2.45, 2.75) is 26.7 Å². The maximum Gasteiger partial charge on any atom is 0.256 e. The largest absolute Gasteiger partial charge is 0.353 e. The Morgan fingerprint density at radius 1 is 1.11 bits per heavy atom. The number of rotatable bonds is 4. The van der Waals surface area contributed by atoms with Gasteiger partial charge in [-0.15, -0.1) is 0 Å². The summed E-state index contributed by atoms with van der Waals surface area (Å²) in [7, 11) is 0. The molecule has 6 heteroatoms. The summed E-state index contributed by atoms with van der Waals surface area (Å²) in [5.74, 6) is 0.161. The molecule has 3 aromatic heterocycles. The van der Waals surface area contributed by atoms with Crippen molar-refractivity contribution >= 4 is 22.4 Å². The summed E-state index contributed by atoms with van der Waals surface area (Å²) in [6.45, 7) is 6.14. The fourth-order valence-electron chi connectivity index (χ4n) is 3.24. The fourth-order valence-corrected chi connectivity index (χ4v) is 3.24. The van der Waals surface area contributed by atoms with Crippen LogP contribution < -0.4 is 10.9 Å². The Labute approximate surface area is 156 Å². The molecular weight excluding hydrogens is 338 g/mol. The predicted octanol–water partition coefficient (Wildman–Crippen LogP) is 4.49. The predicted molar refractivity (Wildman–Crippen MR) is 108 cm³/mol. The van der Waals surface area contributed by atoms with E-state index in [0.29, 0.717) is 5.56 Å². The van der Waals surface area contributed by atoms with Gasteiger partial charge in [0.25, 0.3) is 5.56 Å². The van der Waals surface area contributed by atoms with E-state index in [0.717, 1.165) is 39.2 Å². The molecule has 0 amide bonds. The summed E-state index contributed by atoms with van der Waals surface area (Å²) >= 11 is 0. The number of fused-ring (bicyclic) bond motifs is 1. The van der Waals surface area contributed by atoms with Crippen molar-refractivity contribution in [2.75, 3.05) is 5.32 Å². The van der Waals surface area contributed by atoms with Gasteiger partial charge >= 0.3 is 0 Å². The molecule has 0 radical (unpaired) electrons. The highest BCUT2D eigenvalue weighted by atomic mass is 16.1. The van der Waals surface area contributed by atoms with Crippen LogP contribution in [0.15, 0.2) is 53.6 Å². The van der Waals surface area contributed by atoms with Crippen LogP contribution in [0.25, 0.3) is 22.2 Å². The van der Waals surface area contributed by atoms with E-state index < -0.39 is 0 Å². The van der Waals surface area contributed by atoms with Gasteiger partial charge in [-0.3, -0.25) is 9.89 Å². The molecule has 0 unspecified atom stereocenters. The van der Waals surface area contributed by atoms with Crippen LogP contribution >= 0.6 is 0 Å². The zero-order valence-electron chi connectivity index (χ0n) is 15.5. The van der Waals surface area contributed by atoms with E-state index in [-0.39, 0.29) is 11.5 Å². The van der Waals surface area contributed by atoms with Gasteiger partial charge in [0.2, 0.25) is 0 Å². The average Bonchev–Trinajstić information content (AvgIpc) is 3.12. The zero-order valence-corrected chi connectivity index (χ0v) is 15.5. The Kier molecular flexibility index (Phi) is 4.24. The molecule has 0 atom stereocenters. The first-order chi connectivity index (χ1) is 13.0. The van der Waals surface area contributed by atoms with Gasteiger partial charge in [-0.1, -0.05) is 43.7 Å². The second-order valence-electron chi connectivity index (χ2n) is 6.98. The van der Waals surface area contributed by atoms with Crippen molar-refractivity contribution < 1.29 is 0 Å². The van der Waals surface area contributed by atoms with E-state index in [1.165, 1.54) is 0 Å². The number of aromatic amines is 2. The molecule has 4 rings (SSSR count). The molecule has 0 saturated heterocycles. The van der Waals surface area contributed by atoms with Crippen molar-refractivity contribution in [2.24, 2.45) is 0 Å². The Bertz CT molecular complexity index is 1170. The van der Waals surface area contributed by atoms with E-state index >= 15 is 0 Å². The van der Waals surface area contributed by atoms with Crippen LogP contribution in [0.5, 0.6) is 0 Å².